The highest BCUT2D eigenvalue weighted by Crippen LogP contribution is 2.23. The average molecular weight is 419 g/mol. The number of hydrogen-bond acceptors (Lipinski definition) is 3. The zero-order valence-electron chi connectivity index (χ0n) is 19.0. The van der Waals surface area contributed by atoms with E-state index < -0.39 is 0 Å². The van der Waals surface area contributed by atoms with Gasteiger partial charge in [-0.3, -0.25) is 9.67 Å². The highest BCUT2D eigenvalue weighted by molar-refractivity contribution is 5.79. The number of benzene rings is 2. The Morgan fingerprint density at radius 1 is 0.968 bits per heavy atom. The van der Waals surface area contributed by atoms with Crippen LogP contribution in [0.5, 0.6) is 0 Å². The van der Waals surface area contributed by atoms with Gasteiger partial charge in [0.05, 0.1) is 18.8 Å². The zero-order chi connectivity index (χ0) is 22.1. The number of aromatic nitrogens is 2. The first-order valence-corrected chi connectivity index (χ1v) is 10.9. The van der Waals surface area contributed by atoms with Gasteiger partial charge in [0.1, 0.15) is 0 Å². The van der Waals surface area contributed by atoms with Crippen molar-refractivity contribution in [2.24, 2.45) is 12.0 Å². The van der Waals surface area contributed by atoms with E-state index in [2.05, 4.69) is 109 Å². The molecule has 31 heavy (non-hydrogen) atoms. The van der Waals surface area contributed by atoms with Crippen molar-refractivity contribution in [2.75, 3.05) is 33.7 Å². The molecule has 0 amide bonds. The van der Waals surface area contributed by atoms with E-state index in [4.69, 9.17) is 4.99 Å². The topological polar surface area (TPSA) is 57.5 Å². The van der Waals surface area contributed by atoms with Crippen molar-refractivity contribution in [2.45, 2.75) is 18.9 Å². The van der Waals surface area contributed by atoms with Crippen molar-refractivity contribution in [3.63, 3.8) is 0 Å². The fourth-order valence-electron chi connectivity index (χ4n) is 3.70. The number of likely N-dealkylation sites (N-methyl/N-ethyl adjacent to an activating group) is 1. The number of nitrogens with one attached hydrogen (secondary N) is 2. The SMILES string of the molecule is CCNC(=NCC(c1cnn(C)c1)N(C)C)NCC(c1ccccc1)c1ccccc1. The minimum absolute atomic E-state index is 0.170. The highest BCUT2D eigenvalue weighted by Gasteiger charge is 2.17. The van der Waals surface area contributed by atoms with E-state index in [-0.39, 0.29) is 12.0 Å². The summed E-state index contributed by atoms with van der Waals surface area (Å²) in [5.74, 6) is 1.07. The van der Waals surface area contributed by atoms with Gasteiger partial charge in [-0.1, -0.05) is 60.7 Å². The molecule has 0 saturated heterocycles. The Hall–Kier alpha value is -3.12. The Bertz CT molecular complexity index is 893. The van der Waals surface area contributed by atoms with Gasteiger partial charge in [0.2, 0.25) is 0 Å². The lowest BCUT2D eigenvalue weighted by molar-refractivity contribution is 0.306. The Labute approximate surface area is 186 Å². The number of aliphatic imine (C=N–C) groups is 1. The number of aryl methyl sites for hydroxylation is 1. The van der Waals surface area contributed by atoms with Crippen LogP contribution in [0.15, 0.2) is 78.0 Å². The quantitative estimate of drug-likeness (QED) is 0.413. The molecule has 164 valence electrons. The lowest BCUT2D eigenvalue weighted by atomic mass is 9.91. The van der Waals surface area contributed by atoms with Crippen LogP contribution < -0.4 is 10.6 Å². The van der Waals surface area contributed by atoms with Gasteiger partial charge < -0.3 is 15.5 Å². The molecule has 3 rings (SSSR count). The lowest BCUT2D eigenvalue weighted by Crippen LogP contribution is -2.40. The van der Waals surface area contributed by atoms with Crippen LogP contribution in [0, 0.1) is 0 Å². The molecule has 0 aliphatic carbocycles. The summed E-state index contributed by atoms with van der Waals surface area (Å²) < 4.78 is 1.84. The second kappa shape index (κ2) is 11.3. The first kappa shape index (κ1) is 22.6. The van der Waals surface area contributed by atoms with E-state index >= 15 is 0 Å². The van der Waals surface area contributed by atoms with Gasteiger partial charge in [0.15, 0.2) is 5.96 Å². The normalized spacial score (nSPS) is 12.9. The standard InChI is InChI=1S/C25H34N6/c1-5-26-25(28-18-24(30(2)3)22-16-29-31(4)19-22)27-17-23(20-12-8-6-9-13-20)21-14-10-7-11-15-21/h6-16,19,23-24H,5,17-18H2,1-4H3,(H2,26,27,28). The molecule has 6 nitrogen and oxygen atoms in total. The molecule has 1 heterocycles. The maximum atomic E-state index is 4.90. The minimum atomic E-state index is 0.170. The minimum Gasteiger partial charge on any atom is -0.357 e. The van der Waals surface area contributed by atoms with Crippen molar-refractivity contribution in [1.29, 1.82) is 0 Å². The molecule has 6 heteroatoms. The van der Waals surface area contributed by atoms with Crippen LogP contribution in [0.25, 0.3) is 0 Å². The molecule has 0 spiro atoms. The summed E-state index contributed by atoms with van der Waals surface area (Å²) >= 11 is 0. The van der Waals surface area contributed by atoms with Gasteiger partial charge in [-0.2, -0.15) is 5.10 Å². The molecule has 0 bridgehead atoms. The maximum Gasteiger partial charge on any atom is 0.191 e. The molecule has 3 aromatic rings. The molecule has 2 aromatic carbocycles. The maximum absolute atomic E-state index is 4.90. The summed E-state index contributed by atoms with van der Waals surface area (Å²) in [4.78, 5) is 7.08. The van der Waals surface area contributed by atoms with Crippen molar-refractivity contribution in [3.05, 3.63) is 89.7 Å². The first-order valence-electron chi connectivity index (χ1n) is 10.9. The molecular weight excluding hydrogens is 384 g/mol. The third kappa shape index (κ3) is 6.43. The van der Waals surface area contributed by atoms with Gasteiger partial charge in [-0.25, -0.2) is 0 Å². The van der Waals surface area contributed by atoms with Crippen LogP contribution in [-0.4, -0.2) is 54.4 Å². The Morgan fingerprint density at radius 3 is 2.06 bits per heavy atom. The lowest BCUT2D eigenvalue weighted by Gasteiger charge is -2.23. The Kier molecular flexibility index (Phi) is 8.24. The van der Waals surface area contributed by atoms with Crippen LogP contribution in [-0.2, 0) is 7.05 Å². The van der Waals surface area contributed by atoms with E-state index in [1.54, 1.807) is 0 Å². The molecule has 0 radical (unpaired) electrons. The Balaban J connectivity index is 1.75. The van der Waals surface area contributed by atoms with Crippen LogP contribution in [0.2, 0.25) is 0 Å². The molecule has 0 fully saturated rings. The van der Waals surface area contributed by atoms with Crippen molar-refractivity contribution in [1.82, 2.24) is 25.3 Å². The van der Waals surface area contributed by atoms with E-state index in [9.17, 15) is 0 Å². The molecule has 2 N–H and O–H groups in total. The van der Waals surface area contributed by atoms with E-state index in [1.165, 1.54) is 16.7 Å². The van der Waals surface area contributed by atoms with Crippen LogP contribution in [0.4, 0.5) is 0 Å². The molecule has 1 aromatic heterocycles. The number of nitrogens with zero attached hydrogens (tertiary/aromatic N) is 4. The van der Waals surface area contributed by atoms with Crippen molar-refractivity contribution >= 4 is 5.96 Å². The van der Waals surface area contributed by atoms with Gasteiger partial charge in [0, 0.05) is 37.8 Å². The fraction of sp³-hybridized carbons (Fsp3) is 0.360. The largest absolute Gasteiger partial charge is 0.357 e. The number of hydrogen-bond donors (Lipinski definition) is 2. The molecule has 0 saturated carbocycles. The summed E-state index contributed by atoms with van der Waals surface area (Å²) in [7, 11) is 6.10. The summed E-state index contributed by atoms with van der Waals surface area (Å²) in [5.41, 5.74) is 3.75. The molecule has 1 unspecified atom stereocenters. The van der Waals surface area contributed by atoms with E-state index in [1.807, 2.05) is 17.9 Å². The monoisotopic (exact) mass is 418 g/mol. The van der Waals surface area contributed by atoms with Gasteiger partial charge in [-0.15, -0.1) is 0 Å². The predicted molar refractivity (Wildman–Crippen MR) is 128 cm³/mol. The van der Waals surface area contributed by atoms with Crippen LogP contribution in [0.3, 0.4) is 0 Å². The molecule has 0 aliphatic heterocycles. The smallest absolute Gasteiger partial charge is 0.191 e. The highest BCUT2D eigenvalue weighted by atomic mass is 15.2. The van der Waals surface area contributed by atoms with Crippen LogP contribution in [0.1, 0.15) is 35.6 Å². The third-order valence-electron chi connectivity index (χ3n) is 5.38. The summed E-state index contributed by atoms with van der Waals surface area (Å²) in [6.07, 6.45) is 3.97. The van der Waals surface area contributed by atoms with E-state index in [0.717, 1.165) is 19.0 Å². The molecular formula is C25H34N6. The summed E-state index contributed by atoms with van der Waals surface area (Å²) in [6, 6.07) is 21.4. The third-order valence-corrected chi connectivity index (χ3v) is 5.38. The molecule has 0 aliphatic rings. The second-order valence-corrected chi connectivity index (χ2v) is 7.90. The zero-order valence-corrected chi connectivity index (χ0v) is 19.0. The average Bonchev–Trinajstić information content (AvgIpc) is 3.21. The second-order valence-electron chi connectivity index (χ2n) is 7.90. The van der Waals surface area contributed by atoms with Crippen molar-refractivity contribution < 1.29 is 0 Å². The predicted octanol–water partition coefficient (Wildman–Crippen LogP) is 3.41. The summed E-state index contributed by atoms with van der Waals surface area (Å²) in [6.45, 7) is 4.31. The van der Waals surface area contributed by atoms with E-state index in [0.29, 0.717) is 6.54 Å². The van der Waals surface area contributed by atoms with Gasteiger partial charge in [0.25, 0.3) is 0 Å². The Morgan fingerprint density at radius 2 is 1.58 bits per heavy atom. The molecule has 1 atom stereocenters. The van der Waals surface area contributed by atoms with Gasteiger partial charge in [-0.05, 0) is 32.1 Å². The van der Waals surface area contributed by atoms with Gasteiger partial charge >= 0.3 is 0 Å². The number of rotatable bonds is 9. The fourth-order valence-corrected chi connectivity index (χ4v) is 3.70. The summed E-state index contributed by atoms with van der Waals surface area (Å²) in [5, 5.41) is 11.3. The van der Waals surface area contributed by atoms with Crippen molar-refractivity contribution in [3.8, 4) is 0 Å². The number of guanidine groups is 1. The first-order chi connectivity index (χ1) is 15.1. The van der Waals surface area contributed by atoms with Crippen LogP contribution >= 0.6 is 0 Å².